The lowest BCUT2D eigenvalue weighted by molar-refractivity contribution is -0.126. The van der Waals surface area contributed by atoms with Crippen LogP contribution < -0.4 is 0 Å². The summed E-state index contributed by atoms with van der Waals surface area (Å²) in [5, 5.41) is 8.75. The van der Waals surface area contributed by atoms with Crippen LogP contribution in [0.2, 0.25) is 0 Å². The number of aliphatic hydroxyl groups is 1. The van der Waals surface area contributed by atoms with Gasteiger partial charge in [0.2, 0.25) is 0 Å². The highest BCUT2D eigenvalue weighted by Crippen LogP contribution is 1.94. The molecule has 2 nitrogen and oxygen atoms in total. The third-order valence-electron chi connectivity index (χ3n) is 0.862. The summed E-state index contributed by atoms with van der Waals surface area (Å²) in [4.78, 5) is 10.2. The Labute approximate surface area is 43.9 Å². The van der Waals surface area contributed by atoms with Gasteiger partial charge in [0, 0.05) is 0 Å². The SMILES string of the molecule is BC(C)(O)C(C)=O. The van der Waals surface area contributed by atoms with Crippen LogP contribution in [-0.2, 0) is 4.79 Å². The summed E-state index contributed by atoms with van der Waals surface area (Å²) in [6, 6.07) is 0. The second kappa shape index (κ2) is 1.66. The second-order valence-electron chi connectivity index (χ2n) is 2.12. The van der Waals surface area contributed by atoms with Crippen LogP contribution >= 0.6 is 0 Å². The lowest BCUT2D eigenvalue weighted by Gasteiger charge is -2.10. The third kappa shape index (κ3) is 2.40. The van der Waals surface area contributed by atoms with E-state index in [1.807, 2.05) is 0 Å². The van der Waals surface area contributed by atoms with E-state index >= 15 is 0 Å². The van der Waals surface area contributed by atoms with Crippen LogP contribution in [0.15, 0.2) is 0 Å². The maximum atomic E-state index is 10.2. The molecule has 0 saturated heterocycles. The zero-order chi connectivity index (χ0) is 6.08. The van der Waals surface area contributed by atoms with Crippen LogP contribution in [0.25, 0.3) is 0 Å². The van der Waals surface area contributed by atoms with Gasteiger partial charge >= 0.3 is 0 Å². The summed E-state index contributed by atoms with van der Waals surface area (Å²) in [5.74, 6) is -0.201. The van der Waals surface area contributed by atoms with Gasteiger partial charge in [-0.1, -0.05) is 0 Å². The van der Waals surface area contributed by atoms with Crippen molar-refractivity contribution in [2.45, 2.75) is 19.3 Å². The van der Waals surface area contributed by atoms with Crippen LogP contribution in [-0.4, -0.2) is 24.2 Å². The van der Waals surface area contributed by atoms with Crippen molar-refractivity contribution in [3.8, 4) is 0 Å². The zero-order valence-corrected chi connectivity index (χ0v) is 4.86. The fourth-order valence-corrected chi connectivity index (χ4v) is 0. The maximum Gasteiger partial charge on any atom is 0.152 e. The normalized spacial score (nSPS) is 18.1. The van der Waals surface area contributed by atoms with Crippen molar-refractivity contribution in [1.29, 1.82) is 0 Å². The highest BCUT2D eigenvalue weighted by Gasteiger charge is 2.17. The number of hydrogen-bond acceptors (Lipinski definition) is 2. The molecular formula is C4H9BO2. The highest BCUT2D eigenvalue weighted by molar-refractivity contribution is 6.26. The Morgan fingerprint density at radius 1 is 1.86 bits per heavy atom. The fourth-order valence-electron chi connectivity index (χ4n) is 0. The summed E-state index contributed by atoms with van der Waals surface area (Å²) >= 11 is 0. The number of hydrogen-bond donors (Lipinski definition) is 1. The number of carbonyl (C=O) groups excluding carboxylic acids is 1. The number of Topliss-reactive ketones (excluding diaryl/α,β-unsaturated/α-hetero) is 1. The first-order chi connectivity index (χ1) is 2.94. The predicted octanol–water partition coefficient (Wildman–Crippen LogP) is -1.08. The minimum absolute atomic E-state index is 0.201. The molecule has 0 rings (SSSR count). The van der Waals surface area contributed by atoms with E-state index in [4.69, 9.17) is 5.11 Å². The Hall–Kier alpha value is -0.305. The fraction of sp³-hybridized carbons (Fsp3) is 0.750. The maximum absolute atomic E-state index is 10.2. The van der Waals surface area contributed by atoms with E-state index in [2.05, 4.69) is 0 Å². The van der Waals surface area contributed by atoms with Gasteiger partial charge in [0.15, 0.2) is 13.6 Å². The molecular weight excluding hydrogens is 90.9 g/mol. The van der Waals surface area contributed by atoms with Crippen molar-refractivity contribution >= 4 is 13.6 Å². The van der Waals surface area contributed by atoms with Crippen molar-refractivity contribution in [1.82, 2.24) is 0 Å². The van der Waals surface area contributed by atoms with Crippen LogP contribution in [0, 0.1) is 0 Å². The van der Waals surface area contributed by atoms with Crippen LogP contribution in [0.5, 0.6) is 0 Å². The first kappa shape index (κ1) is 6.69. The van der Waals surface area contributed by atoms with Gasteiger partial charge in [-0.2, -0.15) is 0 Å². The molecule has 0 spiro atoms. The van der Waals surface area contributed by atoms with E-state index in [1.54, 1.807) is 0 Å². The van der Waals surface area contributed by atoms with Crippen molar-refractivity contribution in [2.75, 3.05) is 0 Å². The van der Waals surface area contributed by atoms with Gasteiger partial charge in [-0.25, -0.2) is 0 Å². The van der Waals surface area contributed by atoms with Crippen LogP contribution in [0.1, 0.15) is 13.8 Å². The Morgan fingerprint density at radius 2 is 2.00 bits per heavy atom. The minimum Gasteiger partial charge on any atom is -0.392 e. The zero-order valence-electron chi connectivity index (χ0n) is 4.86. The molecule has 0 heterocycles. The van der Waals surface area contributed by atoms with Gasteiger partial charge < -0.3 is 5.11 Å². The smallest absolute Gasteiger partial charge is 0.152 e. The molecule has 0 aromatic carbocycles. The molecule has 0 aliphatic rings. The second-order valence-corrected chi connectivity index (χ2v) is 2.12. The lowest BCUT2D eigenvalue weighted by Crippen LogP contribution is -2.32. The molecule has 0 aromatic heterocycles. The van der Waals surface area contributed by atoms with Gasteiger partial charge in [0.1, 0.15) is 0 Å². The largest absolute Gasteiger partial charge is 0.392 e. The average Bonchev–Trinajstić information content (AvgIpc) is 1.31. The summed E-state index contributed by atoms with van der Waals surface area (Å²) in [7, 11) is 1.47. The molecule has 0 amide bonds. The third-order valence-corrected chi connectivity index (χ3v) is 0.862. The van der Waals surface area contributed by atoms with Gasteiger partial charge in [-0.15, -0.1) is 0 Å². The Morgan fingerprint density at radius 3 is 2.00 bits per heavy atom. The molecule has 1 atom stereocenters. The predicted molar refractivity (Wildman–Crippen MR) is 29.8 cm³/mol. The summed E-state index contributed by atoms with van der Waals surface area (Å²) in [6.07, 6.45) is 0. The quantitative estimate of drug-likeness (QED) is 0.425. The minimum atomic E-state index is -1.14. The molecule has 1 N–H and O–H groups in total. The van der Waals surface area contributed by atoms with Crippen molar-refractivity contribution in [2.24, 2.45) is 0 Å². The van der Waals surface area contributed by atoms with Gasteiger partial charge in [-0.3, -0.25) is 4.79 Å². The first-order valence-electron chi connectivity index (χ1n) is 2.18. The van der Waals surface area contributed by atoms with E-state index in [0.717, 1.165) is 0 Å². The molecule has 3 heteroatoms. The summed E-state index contributed by atoms with van der Waals surface area (Å²) in [5.41, 5.74) is -1.14. The Bertz CT molecular complexity index is 82.2. The molecule has 40 valence electrons. The topological polar surface area (TPSA) is 37.3 Å². The standard InChI is InChI=1S/C4H9BO2/c1-3(6)4(2,5)7/h7H,5H2,1-2H3. The van der Waals surface area contributed by atoms with Crippen LogP contribution in [0.3, 0.4) is 0 Å². The van der Waals surface area contributed by atoms with Crippen molar-refractivity contribution in [3.63, 3.8) is 0 Å². The summed E-state index contributed by atoms with van der Waals surface area (Å²) < 4.78 is 0. The Balaban J connectivity index is 3.79. The van der Waals surface area contributed by atoms with E-state index in [0.29, 0.717) is 0 Å². The Kier molecular flexibility index (Phi) is 1.59. The molecule has 0 aliphatic heterocycles. The van der Waals surface area contributed by atoms with Gasteiger partial charge in [0.05, 0.1) is 5.50 Å². The van der Waals surface area contributed by atoms with Gasteiger partial charge in [-0.05, 0) is 13.8 Å². The molecule has 7 heavy (non-hydrogen) atoms. The molecule has 0 bridgehead atoms. The molecule has 1 unspecified atom stereocenters. The van der Waals surface area contributed by atoms with E-state index in [-0.39, 0.29) is 5.78 Å². The first-order valence-corrected chi connectivity index (χ1v) is 2.18. The summed E-state index contributed by atoms with van der Waals surface area (Å²) in [6.45, 7) is 2.83. The molecule has 0 aromatic rings. The lowest BCUT2D eigenvalue weighted by atomic mass is 9.81. The monoisotopic (exact) mass is 100 g/mol. The molecule has 0 fully saturated rings. The number of rotatable bonds is 1. The van der Waals surface area contributed by atoms with E-state index in [1.165, 1.54) is 21.7 Å². The van der Waals surface area contributed by atoms with Crippen LogP contribution in [0.4, 0.5) is 0 Å². The van der Waals surface area contributed by atoms with Gasteiger partial charge in [0.25, 0.3) is 0 Å². The van der Waals surface area contributed by atoms with E-state index < -0.39 is 5.50 Å². The molecule has 0 saturated carbocycles. The van der Waals surface area contributed by atoms with Crippen molar-refractivity contribution in [3.05, 3.63) is 0 Å². The average molecular weight is 99.9 g/mol. The van der Waals surface area contributed by atoms with E-state index in [9.17, 15) is 4.79 Å². The highest BCUT2D eigenvalue weighted by atomic mass is 16.3. The molecule has 0 aliphatic carbocycles. The number of ketones is 1. The molecule has 0 radical (unpaired) electrons. The van der Waals surface area contributed by atoms with Crippen molar-refractivity contribution < 1.29 is 9.90 Å². The number of carbonyl (C=O) groups is 1.